The van der Waals surface area contributed by atoms with E-state index in [1.54, 1.807) is 0 Å². The van der Waals surface area contributed by atoms with Crippen molar-refractivity contribution in [1.82, 2.24) is 5.32 Å². The lowest BCUT2D eigenvalue weighted by molar-refractivity contribution is 0.0904. The maximum Gasteiger partial charge on any atom is 0.257 e. The van der Waals surface area contributed by atoms with Gasteiger partial charge in [-0.25, -0.2) is 8.78 Å². The van der Waals surface area contributed by atoms with E-state index in [1.165, 1.54) is 0 Å². The highest BCUT2D eigenvalue weighted by atomic mass is 19.1. The summed E-state index contributed by atoms with van der Waals surface area (Å²) in [5.74, 6) is -3.62. The number of benzene rings is 1. The maximum atomic E-state index is 13.6. The van der Waals surface area contributed by atoms with Gasteiger partial charge in [0.15, 0.2) is 11.6 Å². The zero-order chi connectivity index (χ0) is 14.7. The van der Waals surface area contributed by atoms with Crippen molar-refractivity contribution in [2.45, 2.75) is 31.7 Å². The predicted octanol–water partition coefficient (Wildman–Crippen LogP) is 1.95. The van der Waals surface area contributed by atoms with Crippen LogP contribution in [0.1, 0.15) is 36.0 Å². The van der Waals surface area contributed by atoms with E-state index in [0.717, 1.165) is 25.0 Å². The fourth-order valence-corrected chi connectivity index (χ4v) is 2.50. The van der Waals surface area contributed by atoms with Gasteiger partial charge in [0.05, 0.1) is 0 Å². The lowest BCUT2D eigenvalue weighted by Crippen LogP contribution is -2.38. The van der Waals surface area contributed by atoms with Crippen LogP contribution in [0.3, 0.4) is 0 Å². The summed E-state index contributed by atoms with van der Waals surface area (Å²) >= 11 is 0. The fraction of sp³-hybridized carbons (Fsp3) is 0.500. The second kappa shape index (κ2) is 6.17. The van der Waals surface area contributed by atoms with Gasteiger partial charge in [-0.3, -0.25) is 4.79 Å². The van der Waals surface area contributed by atoms with Crippen LogP contribution in [0.4, 0.5) is 8.78 Å². The average molecular weight is 285 g/mol. The molecule has 2 rings (SSSR count). The topological polar surface area (TPSA) is 69.6 Å². The highest BCUT2D eigenvalue weighted by Crippen LogP contribution is 2.25. The Hall–Kier alpha value is -1.69. The van der Waals surface area contributed by atoms with E-state index in [0.29, 0.717) is 12.8 Å². The Morgan fingerprint density at radius 2 is 1.90 bits per heavy atom. The standard InChI is InChI=1S/C14H17F2NO3/c15-10-5-6-11(19)13(16)12(10)14(20)17-9-3-1-8(7-18)2-4-9/h5-6,8-9,18-19H,1-4,7H2,(H,17,20). The van der Waals surface area contributed by atoms with Crippen LogP contribution in [0.2, 0.25) is 0 Å². The van der Waals surface area contributed by atoms with Crippen LogP contribution >= 0.6 is 0 Å². The normalized spacial score (nSPS) is 22.6. The molecule has 1 saturated carbocycles. The summed E-state index contributed by atoms with van der Waals surface area (Å²) in [6.07, 6.45) is 2.87. The van der Waals surface area contributed by atoms with Gasteiger partial charge in [0, 0.05) is 12.6 Å². The molecule has 1 aromatic carbocycles. The Balaban J connectivity index is 2.04. The Bertz CT molecular complexity index is 499. The molecule has 1 amide bonds. The summed E-state index contributed by atoms with van der Waals surface area (Å²) in [5, 5.41) is 20.8. The highest BCUT2D eigenvalue weighted by Gasteiger charge is 2.25. The highest BCUT2D eigenvalue weighted by molar-refractivity contribution is 5.95. The number of phenolic OH excluding ortho intramolecular Hbond substituents is 1. The lowest BCUT2D eigenvalue weighted by atomic mass is 9.86. The SMILES string of the molecule is O=C(NC1CCC(CO)CC1)c1c(F)ccc(O)c1F. The third-order valence-corrected chi connectivity index (χ3v) is 3.74. The first-order valence-corrected chi connectivity index (χ1v) is 6.61. The van der Waals surface area contributed by atoms with Crippen LogP contribution in [0.5, 0.6) is 5.75 Å². The largest absolute Gasteiger partial charge is 0.505 e. The molecule has 0 atom stereocenters. The first kappa shape index (κ1) is 14.7. The molecule has 1 fully saturated rings. The zero-order valence-electron chi connectivity index (χ0n) is 10.9. The summed E-state index contributed by atoms with van der Waals surface area (Å²) < 4.78 is 27.1. The van der Waals surface area contributed by atoms with Gasteiger partial charge in [-0.15, -0.1) is 0 Å². The van der Waals surface area contributed by atoms with E-state index < -0.39 is 28.9 Å². The number of aromatic hydroxyl groups is 1. The minimum Gasteiger partial charge on any atom is -0.505 e. The molecule has 0 radical (unpaired) electrons. The quantitative estimate of drug-likeness (QED) is 0.795. The van der Waals surface area contributed by atoms with Crippen LogP contribution in [0, 0.1) is 17.6 Å². The maximum absolute atomic E-state index is 13.6. The van der Waals surface area contributed by atoms with Gasteiger partial charge in [0.2, 0.25) is 0 Å². The number of carbonyl (C=O) groups excluding carboxylic acids is 1. The molecule has 1 aliphatic carbocycles. The van der Waals surface area contributed by atoms with Gasteiger partial charge in [-0.1, -0.05) is 0 Å². The van der Waals surface area contributed by atoms with E-state index in [-0.39, 0.29) is 18.6 Å². The third-order valence-electron chi connectivity index (χ3n) is 3.74. The summed E-state index contributed by atoms with van der Waals surface area (Å²) in [7, 11) is 0. The van der Waals surface area contributed by atoms with E-state index in [4.69, 9.17) is 5.11 Å². The van der Waals surface area contributed by atoms with E-state index >= 15 is 0 Å². The number of halogens is 2. The van der Waals surface area contributed by atoms with E-state index in [2.05, 4.69) is 5.32 Å². The molecule has 0 unspecified atom stereocenters. The fourth-order valence-electron chi connectivity index (χ4n) is 2.50. The van der Waals surface area contributed by atoms with Crippen LogP contribution in [-0.2, 0) is 0 Å². The molecule has 0 aromatic heterocycles. The molecule has 20 heavy (non-hydrogen) atoms. The van der Waals surface area contributed by atoms with Gasteiger partial charge < -0.3 is 15.5 Å². The Morgan fingerprint density at radius 1 is 1.25 bits per heavy atom. The van der Waals surface area contributed by atoms with Gasteiger partial charge in [0.25, 0.3) is 5.91 Å². The number of carbonyl (C=O) groups is 1. The molecular weight excluding hydrogens is 268 g/mol. The molecule has 4 nitrogen and oxygen atoms in total. The van der Waals surface area contributed by atoms with Crippen LogP contribution < -0.4 is 5.32 Å². The predicted molar refractivity (Wildman–Crippen MR) is 68.3 cm³/mol. The molecule has 0 spiro atoms. The molecule has 6 heteroatoms. The van der Waals surface area contributed by atoms with Crippen molar-refractivity contribution in [2.75, 3.05) is 6.61 Å². The molecule has 110 valence electrons. The van der Waals surface area contributed by atoms with Crippen molar-refractivity contribution in [1.29, 1.82) is 0 Å². The molecule has 1 aromatic rings. The average Bonchev–Trinajstić information content (AvgIpc) is 2.44. The Kier molecular flexibility index (Phi) is 4.54. The lowest BCUT2D eigenvalue weighted by Gasteiger charge is -2.28. The Labute approximate surface area is 115 Å². The summed E-state index contributed by atoms with van der Waals surface area (Å²) in [5.41, 5.74) is -0.755. The van der Waals surface area contributed by atoms with Crippen molar-refractivity contribution in [3.8, 4) is 5.75 Å². The van der Waals surface area contributed by atoms with Crippen LogP contribution in [-0.4, -0.2) is 28.8 Å². The van der Waals surface area contributed by atoms with E-state index in [9.17, 15) is 18.7 Å². The number of aliphatic hydroxyl groups is 1. The van der Waals surface area contributed by atoms with Crippen molar-refractivity contribution in [3.63, 3.8) is 0 Å². The summed E-state index contributed by atoms with van der Waals surface area (Å²) in [6.45, 7) is 0.122. The molecule has 0 aliphatic heterocycles. The van der Waals surface area contributed by atoms with Crippen LogP contribution in [0.15, 0.2) is 12.1 Å². The first-order chi connectivity index (χ1) is 9.52. The van der Waals surface area contributed by atoms with Crippen molar-refractivity contribution in [2.24, 2.45) is 5.92 Å². The monoisotopic (exact) mass is 285 g/mol. The molecule has 0 bridgehead atoms. The molecule has 1 aliphatic rings. The second-order valence-electron chi connectivity index (χ2n) is 5.13. The number of hydrogen-bond donors (Lipinski definition) is 3. The molecular formula is C14H17F2NO3. The smallest absolute Gasteiger partial charge is 0.257 e. The number of nitrogens with one attached hydrogen (secondary N) is 1. The molecule has 0 heterocycles. The van der Waals surface area contributed by atoms with Gasteiger partial charge in [-0.05, 0) is 43.7 Å². The van der Waals surface area contributed by atoms with Crippen molar-refractivity contribution < 1.29 is 23.8 Å². The Morgan fingerprint density at radius 3 is 2.50 bits per heavy atom. The third kappa shape index (κ3) is 3.07. The van der Waals surface area contributed by atoms with Gasteiger partial charge in [-0.2, -0.15) is 0 Å². The zero-order valence-corrected chi connectivity index (χ0v) is 10.9. The van der Waals surface area contributed by atoms with Gasteiger partial charge in [0.1, 0.15) is 11.4 Å². The molecule has 3 N–H and O–H groups in total. The van der Waals surface area contributed by atoms with Gasteiger partial charge >= 0.3 is 0 Å². The second-order valence-corrected chi connectivity index (χ2v) is 5.13. The van der Waals surface area contributed by atoms with Crippen molar-refractivity contribution in [3.05, 3.63) is 29.3 Å². The summed E-state index contributed by atoms with van der Waals surface area (Å²) in [6, 6.07) is 1.57. The minimum absolute atomic E-state index is 0.122. The number of rotatable bonds is 3. The van der Waals surface area contributed by atoms with Crippen LogP contribution in [0.25, 0.3) is 0 Å². The molecule has 0 saturated heterocycles. The number of hydrogen-bond acceptors (Lipinski definition) is 3. The first-order valence-electron chi connectivity index (χ1n) is 6.61. The number of phenols is 1. The van der Waals surface area contributed by atoms with Crippen molar-refractivity contribution >= 4 is 5.91 Å². The number of aliphatic hydroxyl groups excluding tert-OH is 1. The minimum atomic E-state index is -1.24. The summed E-state index contributed by atoms with van der Waals surface area (Å²) in [4.78, 5) is 11.9. The number of amides is 1. The van der Waals surface area contributed by atoms with E-state index in [1.807, 2.05) is 0 Å².